The molecule has 0 bridgehead atoms. The maximum Gasteiger partial charge on any atom is 0.246 e. The van der Waals surface area contributed by atoms with Crippen LogP contribution in [0.3, 0.4) is 0 Å². The molecule has 0 radical (unpaired) electrons. The van der Waals surface area contributed by atoms with Gasteiger partial charge in [0.05, 0.1) is 11.7 Å². The number of amides is 1. The van der Waals surface area contributed by atoms with Crippen LogP contribution in [0.25, 0.3) is 10.9 Å². The smallest absolute Gasteiger partial charge is 0.246 e. The van der Waals surface area contributed by atoms with Crippen molar-refractivity contribution < 1.29 is 4.79 Å². The summed E-state index contributed by atoms with van der Waals surface area (Å²) in [6, 6.07) is 13.8. The second-order valence-electron chi connectivity index (χ2n) is 5.16. The summed E-state index contributed by atoms with van der Waals surface area (Å²) in [6.07, 6.45) is 1.78. The number of nitrogens with zero attached hydrogens (tertiary/aromatic N) is 2. The molecule has 106 valence electrons. The lowest BCUT2D eigenvalue weighted by Crippen LogP contribution is -2.20. The third kappa shape index (κ3) is 2.65. The number of para-hydroxylation sites is 1. The Labute approximate surface area is 123 Å². The summed E-state index contributed by atoms with van der Waals surface area (Å²) in [5.41, 5.74) is 4.08. The third-order valence-corrected chi connectivity index (χ3v) is 3.72. The lowest BCUT2D eigenvalue weighted by molar-refractivity contribution is -0.116. The standard InChI is InChI=1S/C17H17N3O/c1-12-6-5-8-15(13(12)2)19-17(21)11-20-16-9-4-3-7-14(16)10-18-20/h3-10H,11H2,1-2H3,(H,19,21). The Balaban J connectivity index is 1.79. The number of nitrogens with one attached hydrogen (secondary N) is 1. The molecule has 2 aromatic carbocycles. The first-order valence-electron chi connectivity index (χ1n) is 6.92. The van der Waals surface area contributed by atoms with E-state index in [0.29, 0.717) is 0 Å². The summed E-state index contributed by atoms with van der Waals surface area (Å²) >= 11 is 0. The zero-order valence-electron chi connectivity index (χ0n) is 12.1. The molecule has 0 atom stereocenters. The van der Waals surface area contributed by atoms with Gasteiger partial charge >= 0.3 is 0 Å². The molecule has 4 heteroatoms. The molecule has 1 N–H and O–H groups in total. The summed E-state index contributed by atoms with van der Waals surface area (Å²) in [6.45, 7) is 4.25. The highest BCUT2D eigenvalue weighted by molar-refractivity contribution is 5.92. The first-order valence-corrected chi connectivity index (χ1v) is 6.92. The summed E-state index contributed by atoms with van der Waals surface area (Å²) < 4.78 is 1.72. The molecule has 3 aromatic rings. The molecule has 21 heavy (non-hydrogen) atoms. The maximum absolute atomic E-state index is 12.2. The molecule has 0 unspecified atom stereocenters. The van der Waals surface area contributed by atoms with Crippen molar-refractivity contribution in [1.82, 2.24) is 9.78 Å². The van der Waals surface area contributed by atoms with Gasteiger partial charge in [0, 0.05) is 11.1 Å². The van der Waals surface area contributed by atoms with E-state index >= 15 is 0 Å². The monoisotopic (exact) mass is 279 g/mol. The number of rotatable bonds is 3. The molecule has 0 saturated heterocycles. The molecule has 3 rings (SSSR count). The second-order valence-corrected chi connectivity index (χ2v) is 5.16. The zero-order chi connectivity index (χ0) is 14.8. The molecule has 0 fully saturated rings. The first-order chi connectivity index (χ1) is 10.1. The van der Waals surface area contributed by atoms with Crippen molar-refractivity contribution in [1.29, 1.82) is 0 Å². The minimum absolute atomic E-state index is 0.0717. The molecule has 0 aliphatic heterocycles. The highest BCUT2D eigenvalue weighted by Crippen LogP contribution is 2.18. The van der Waals surface area contributed by atoms with Gasteiger partial charge in [-0.05, 0) is 37.1 Å². The largest absolute Gasteiger partial charge is 0.324 e. The Morgan fingerprint density at radius 3 is 2.81 bits per heavy atom. The predicted molar refractivity (Wildman–Crippen MR) is 84.3 cm³/mol. The Hall–Kier alpha value is -2.62. The average Bonchev–Trinajstić information content (AvgIpc) is 2.87. The normalized spacial score (nSPS) is 10.8. The van der Waals surface area contributed by atoms with Crippen molar-refractivity contribution in [3.05, 3.63) is 59.8 Å². The average molecular weight is 279 g/mol. The second kappa shape index (κ2) is 5.40. The fraction of sp³-hybridized carbons (Fsp3) is 0.176. The molecule has 0 aliphatic carbocycles. The van der Waals surface area contributed by atoms with Gasteiger partial charge in [-0.15, -0.1) is 0 Å². The zero-order valence-corrected chi connectivity index (χ0v) is 12.1. The van der Waals surface area contributed by atoms with Crippen molar-refractivity contribution >= 4 is 22.5 Å². The van der Waals surface area contributed by atoms with Gasteiger partial charge in [0.2, 0.25) is 5.91 Å². The quantitative estimate of drug-likeness (QED) is 0.799. The number of aryl methyl sites for hydroxylation is 1. The topological polar surface area (TPSA) is 46.9 Å². The molecule has 0 aliphatic rings. The van der Waals surface area contributed by atoms with Crippen LogP contribution in [0.4, 0.5) is 5.69 Å². The van der Waals surface area contributed by atoms with Gasteiger partial charge in [0.1, 0.15) is 6.54 Å². The highest BCUT2D eigenvalue weighted by atomic mass is 16.2. The Kier molecular flexibility index (Phi) is 3.44. The van der Waals surface area contributed by atoms with Crippen molar-refractivity contribution in [3.63, 3.8) is 0 Å². The van der Waals surface area contributed by atoms with E-state index in [-0.39, 0.29) is 12.5 Å². The molecule has 1 heterocycles. The SMILES string of the molecule is Cc1cccc(NC(=O)Cn2ncc3ccccc32)c1C. The maximum atomic E-state index is 12.2. The van der Waals surface area contributed by atoms with Crippen molar-refractivity contribution in [2.45, 2.75) is 20.4 Å². The van der Waals surface area contributed by atoms with Crippen molar-refractivity contribution in [2.24, 2.45) is 0 Å². The number of carbonyl (C=O) groups excluding carboxylic acids is 1. The number of hydrogen-bond acceptors (Lipinski definition) is 2. The predicted octanol–water partition coefficient (Wildman–Crippen LogP) is 3.29. The van der Waals surface area contributed by atoms with Gasteiger partial charge in [-0.2, -0.15) is 5.10 Å². The van der Waals surface area contributed by atoms with E-state index in [1.54, 1.807) is 10.9 Å². The first kappa shape index (κ1) is 13.4. The van der Waals surface area contributed by atoms with Crippen LogP contribution in [0.15, 0.2) is 48.7 Å². The van der Waals surface area contributed by atoms with E-state index < -0.39 is 0 Å². The van der Waals surface area contributed by atoms with Gasteiger partial charge in [-0.1, -0.05) is 30.3 Å². The lowest BCUT2D eigenvalue weighted by atomic mass is 10.1. The van der Waals surface area contributed by atoms with Gasteiger partial charge < -0.3 is 5.32 Å². The van der Waals surface area contributed by atoms with E-state index in [1.165, 1.54) is 0 Å². The van der Waals surface area contributed by atoms with Crippen LogP contribution in [0.5, 0.6) is 0 Å². The number of hydrogen-bond donors (Lipinski definition) is 1. The van der Waals surface area contributed by atoms with Crippen LogP contribution < -0.4 is 5.32 Å². The van der Waals surface area contributed by atoms with E-state index in [4.69, 9.17) is 0 Å². The van der Waals surface area contributed by atoms with Crippen molar-refractivity contribution in [2.75, 3.05) is 5.32 Å². The van der Waals surface area contributed by atoms with Crippen LogP contribution in [0.1, 0.15) is 11.1 Å². The fourth-order valence-corrected chi connectivity index (χ4v) is 2.36. The van der Waals surface area contributed by atoms with Crippen LogP contribution in [0, 0.1) is 13.8 Å². The minimum Gasteiger partial charge on any atom is -0.324 e. The van der Waals surface area contributed by atoms with Crippen LogP contribution in [0.2, 0.25) is 0 Å². The summed E-state index contributed by atoms with van der Waals surface area (Å²) in [7, 11) is 0. The Morgan fingerprint density at radius 2 is 1.95 bits per heavy atom. The number of fused-ring (bicyclic) bond motifs is 1. The molecule has 1 amide bonds. The Morgan fingerprint density at radius 1 is 1.14 bits per heavy atom. The highest BCUT2D eigenvalue weighted by Gasteiger charge is 2.09. The van der Waals surface area contributed by atoms with Gasteiger partial charge in [0.15, 0.2) is 0 Å². The molecule has 0 spiro atoms. The Bertz CT molecular complexity index is 805. The van der Waals surface area contributed by atoms with E-state index in [9.17, 15) is 4.79 Å². The summed E-state index contributed by atoms with van der Waals surface area (Å²) in [5.74, 6) is -0.0717. The number of anilines is 1. The summed E-state index contributed by atoms with van der Waals surface area (Å²) in [4.78, 5) is 12.2. The van der Waals surface area contributed by atoms with Crippen LogP contribution in [-0.4, -0.2) is 15.7 Å². The minimum atomic E-state index is -0.0717. The molecule has 1 aromatic heterocycles. The molecular formula is C17H17N3O. The lowest BCUT2D eigenvalue weighted by Gasteiger charge is -2.10. The van der Waals surface area contributed by atoms with Crippen molar-refractivity contribution in [3.8, 4) is 0 Å². The van der Waals surface area contributed by atoms with E-state index in [1.807, 2.05) is 56.3 Å². The van der Waals surface area contributed by atoms with Gasteiger partial charge in [-0.3, -0.25) is 9.48 Å². The van der Waals surface area contributed by atoms with Crippen LogP contribution in [-0.2, 0) is 11.3 Å². The van der Waals surface area contributed by atoms with Crippen LogP contribution >= 0.6 is 0 Å². The number of aromatic nitrogens is 2. The fourth-order valence-electron chi connectivity index (χ4n) is 2.36. The molecular weight excluding hydrogens is 262 g/mol. The third-order valence-electron chi connectivity index (χ3n) is 3.72. The van der Waals surface area contributed by atoms with Gasteiger partial charge in [0.25, 0.3) is 0 Å². The number of carbonyl (C=O) groups is 1. The molecule has 0 saturated carbocycles. The summed E-state index contributed by atoms with van der Waals surface area (Å²) in [5, 5.41) is 8.27. The number of benzene rings is 2. The van der Waals surface area contributed by atoms with E-state index in [2.05, 4.69) is 10.4 Å². The van der Waals surface area contributed by atoms with Gasteiger partial charge in [-0.25, -0.2) is 0 Å². The molecule has 4 nitrogen and oxygen atoms in total. The van der Waals surface area contributed by atoms with E-state index in [0.717, 1.165) is 27.7 Å².